The van der Waals surface area contributed by atoms with Crippen molar-refractivity contribution in [3.05, 3.63) is 35.9 Å². The summed E-state index contributed by atoms with van der Waals surface area (Å²) in [5.74, 6) is 1.84. The maximum atomic E-state index is 14.5. The molecule has 0 bridgehead atoms. The molecule has 9 atom stereocenters. The van der Waals surface area contributed by atoms with Crippen molar-refractivity contribution in [1.29, 1.82) is 0 Å². The van der Waals surface area contributed by atoms with Crippen LogP contribution < -0.4 is 16.5 Å². The second-order valence-electron chi connectivity index (χ2n) is 17.4. The van der Waals surface area contributed by atoms with Crippen molar-refractivity contribution in [3.8, 4) is 0 Å². The first kappa shape index (κ1) is 52.5. The van der Waals surface area contributed by atoms with Gasteiger partial charge in [-0.1, -0.05) is 98.1 Å². The molecular formula is C45H78N6O9. The fourth-order valence-corrected chi connectivity index (χ4v) is 8.68. The molecule has 0 radical (unpaired) electrons. The summed E-state index contributed by atoms with van der Waals surface area (Å²) >= 11 is 0. The maximum Gasteiger partial charge on any atom is 0.326 e. The molecule has 342 valence electrons. The molecule has 5 N–H and O–H groups in total. The molecule has 0 saturated carbocycles. The fourth-order valence-electron chi connectivity index (χ4n) is 8.68. The molecule has 15 nitrogen and oxygen atoms in total. The molecule has 0 unspecified atom stereocenters. The molecule has 0 aromatic heterocycles. The molecule has 15 heteroatoms. The summed E-state index contributed by atoms with van der Waals surface area (Å²) in [4.78, 5) is 78.5. The highest BCUT2D eigenvalue weighted by molar-refractivity contribution is 5.90. The fraction of sp³-hybridized carbons (Fsp3) is 0.756. The molecule has 1 aliphatic rings. The summed E-state index contributed by atoms with van der Waals surface area (Å²) in [7, 11) is 6.71. The molecule has 1 saturated heterocycles. The second-order valence-corrected chi connectivity index (χ2v) is 17.4. The Labute approximate surface area is 359 Å². The van der Waals surface area contributed by atoms with Gasteiger partial charge in [0.05, 0.1) is 49.3 Å². The largest absolute Gasteiger partial charge is 0.480 e. The molecule has 1 heterocycles. The number of nitrogens with one attached hydrogen (secondary N) is 2. The van der Waals surface area contributed by atoms with Gasteiger partial charge in [0.2, 0.25) is 23.6 Å². The number of rotatable bonds is 28. The number of hydrogen-bond acceptors (Lipinski definition) is 10. The third-order valence-electron chi connectivity index (χ3n) is 12.3. The van der Waals surface area contributed by atoms with Crippen LogP contribution in [0.25, 0.3) is 0 Å². The SMILES string of the molecule is CC[C@H](C)[C@@H]([C@@H](CC(=O)N1CCC[C@H]1[C@H](OC)[C@@H](C)C(=O)N[C@@H](Cc1ccccc1)C(=O)O)OC)N(C)C(=O)[C@@H](NC(=O)[C@H](C(C)C)N(C)CCCCCCON)C(C)C. The number of benzene rings is 1. The summed E-state index contributed by atoms with van der Waals surface area (Å²) in [6.45, 7) is 15.3. The zero-order valence-corrected chi connectivity index (χ0v) is 38.4. The molecule has 1 aliphatic heterocycles. The van der Waals surface area contributed by atoms with Crippen LogP contribution in [0, 0.1) is 23.7 Å². The predicted octanol–water partition coefficient (Wildman–Crippen LogP) is 4.27. The average Bonchev–Trinajstić information content (AvgIpc) is 3.70. The topological polar surface area (TPSA) is 193 Å². The van der Waals surface area contributed by atoms with Crippen molar-refractivity contribution in [1.82, 2.24) is 25.3 Å². The van der Waals surface area contributed by atoms with Gasteiger partial charge in [0.1, 0.15) is 12.1 Å². The number of likely N-dealkylation sites (tertiary alicyclic amines) is 1. The van der Waals surface area contributed by atoms with E-state index in [1.54, 1.807) is 30.9 Å². The molecule has 4 amide bonds. The van der Waals surface area contributed by atoms with Crippen LogP contribution in [0.5, 0.6) is 0 Å². The van der Waals surface area contributed by atoms with Gasteiger partial charge < -0.3 is 39.9 Å². The molecule has 0 spiro atoms. The van der Waals surface area contributed by atoms with E-state index in [1.807, 2.05) is 78.9 Å². The number of carbonyl (C=O) groups excluding carboxylic acids is 4. The highest BCUT2D eigenvalue weighted by Gasteiger charge is 2.43. The number of likely N-dealkylation sites (N-methyl/N-ethyl adjacent to an activating group) is 2. The number of nitrogens with zero attached hydrogens (tertiary/aromatic N) is 3. The van der Waals surface area contributed by atoms with E-state index in [4.69, 9.17) is 15.4 Å². The van der Waals surface area contributed by atoms with E-state index in [-0.39, 0.29) is 48.3 Å². The molecule has 1 aromatic rings. The Bertz CT molecular complexity index is 1470. The smallest absolute Gasteiger partial charge is 0.326 e. The Morgan fingerprint density at radius 2 is 1.55 bits per heavy atom. The van der Waals surface area contributed by atoms with Crippen LogP contribution in [-0.2, 0) is 44.7 Å². The van der Waals surface area contributed by atoms with Gasteiger partial charge in [-0.2, -0.15) is 0 Å². The third kappa shape index (κ3) is 15.4. The van der Waals surface area contributed by atoms with Crippen molar-refractivity contribution < 1.29 is 43.4 Å². The van der Waals surface area contributed by atoms with E-state index < -0.39 is 60.2 Å². The molecule has 60 heavy (non-hydrogen) atoms. The van der Waals surface area contributed by atoms with Gasteiger partial charge in [-0.3, -0.25) is 24.1 Å². The van der Waals surface area contributed by atoms with Gasteiger partial charge in [0.25, 0.3) is 0 Å². The number of carboxylic acids is 1. The normalized spacial score (nSPS) is 18.4. The van der Waals surface area contributed by atoms with Gasteiger partial charge in [-0.15, -0.1) is 0 Å². The molecule has 2 rings (SSSR count). The first-order valence-electron chi connectivity index (χ1n) is 22.0. The van der Waals surface area contributed by atoms with Crippen molar-refractivity contribution >= 4 is 29.6 Å². The van der Waals surface area contributed by atoms with Crippen LogP contribution >= 0.6 is 0 Å². The lowest BCUT2D eigenvalue weighted by molar-refractivity contribution is -0.148. The van der Waals surface area contributed by atoms with Crippen LogP contribution in [0.15, 0.2) is 30.3 Å². The van der Waals surface area contributed by atoms with Gasteiger partial charge in [0.15, 0.2) is 0 Å². The van der Waals surface area contributed by atoms with Crippen LogP contribution in [0.3, 0.4) is 0 Å². The highest BCUT2D eigenvalue weighted by Crippen LogP contribution is 2.30. The highest BCUT2D eigenvalue weighted by atomic mass is 16.6. The molecule has 1 fully saturated rings. The second kappa shape index (κ2) is 26.6. The number of unbranched alkanes of at least 4 members (excludes halogenated alkanes) is 3. The number of amides is 4. The number of aliphatic carboxylic acids is 1. The van der Waals surface area contributed by atoms with Crippen molar-refractivity contribution in [3.63, 3.8) is 0 Å². The minimum Gasteiger partial charge on any atom is -0.480 e. The van der Waals surface area contributed by atoms with E-state index in [1.165, 1.54) is 7.11 Å². The van der Waals surface area contributed by atoms with Crippen LogP contribution in [0.2, 0.25) is 0 Å². The first-order chi connectivity index (χ1) is 28.4. The Morgan fingerprint density at radius 3 is 2.10 bits per heavy atom. The molecule has 0 aliphatic carbocycles. The zero-order valence-electron chi connectivity index (χ0n) is 38.4. The van der Waals surface area contributed by atoms with Gasteiger partial charge >= 0.3 is 5.97 Å². The number of nitrogens with two attached hydrogens (primary N) is 1. The van der Waals surface area contributed by atoms with Crippen LogP contribution in [0.1, 0.15) is 105 Å². The third-order valence-corrected chi connectivity index (χ3v) is 12.3. The lowest BCUT2D eigenvalue weighted by Crippen LogP contribution is -2.60. The van der Waals surface area contributed by atoms with Gasteiger partial charge in [-0.05, 0) is 62.6 Å². The standard InChI is InChI=1S/C45H78N6O9/c1-12-31(6)40(50(9)44(55)38(29(2)3)48-43(54)39(30(4)5)49(8)24-18-13-14-19-26-60-46)36(58-10)28-37(52)51-25-20-23-35(51)41(59-11)32(7)42(53)47-34(45(56)57)27-33-21-16-15-17-22-33/h15-17,21-22,29-32,34-36,38-41H,12-14,18-20,23-28,46H2,1-11H3,(H,47,53)(H,48,54)(H,56,57)/t31-,32+,34-,35-,36+,38-,39-,40-,41+/m0/s1. The Hall–Kier alpha value is -3.63. The first-order valence-corrected chi connectivity index (χ1v) is 22.0. The van der Waals surface area contributed by atoms with Crippen LogP contribution in [-0.4, -0.2) is 140 Å². The Morgan fingerprint density at radius 1 is 0.900 bits per heavy atom. The summed E-state index contributed by atoms with van der Waals surface area (Å²) < 4.78 is 11.9. The number of ether oxygens (including phenoxy) is 2. The molecule has 1 aromatic carbocycles. The predicted molar refractivity (Wildman–Crippen MR) is 232 cm³/mol. The summed E-state index contributed by atoms with van der Waals surface area (Å²) in [6, 6.07) is 5.80. The Balaban J connectivity index is 2.24. The van der Waals surface area contributed by atoms with Crippen LogP contribution in [0.4, 0.5) is 0 Å². The van der Waals surface area contributed by atoms with Crippen molar-refractivity contribution in [2.45, 2.75) is 149 Å². The van der Waals surface area contributed by atoms with Gasteiger partial charge in [0, 0.05) is 34.2 Å². The summed E-state index contributed by atoms with van der Waals surface area (Å²) in [5, 5.41) is 15.7. The molecular weight excluding hydrogens is 769 g/mol. The maximum absolute atomic E-state index is 14.5. The minimum atomic E-state index is -1.14. The summed E-state index contributed by atoms with van der Waals surface area (Å²) in [6.07, 6.45) is 4.53. The Kier molecular flexibility index (Phi) is 23.3. The quantitative estimate of drug-likeness (QED) is 0.0696. The zero-order chi connectivity index (χ0) is 45.1. The number of hydrogen-bond donors (Lipinski definition) is 4. The van der Waals surface area contributed by atoms with E-state index in [0.717, 1.165) is 37.8 Å². The number of carbonyl (C=O) groups is 5. The average molecular weight is 847 g/mol. The number of carboxylic acid groups (broad SMARTS) is 1. The monoisotopic (exact) mass is 847 g/mol. The van der Waals surface area contributed by atoms with E-state index in [9.17, 15) is 29.1 Å². The van der Waals surface area contributed by atoms with E-state index in [2.05, 4.69) is 20.4 Å². The van der Waals surface area contributed by atoms with E-state index in [0.29, 0.717) is 32.4 Å². The number of methoxy groups -OCH3 is 2. The summed E-state index contributed by atoms with van der Waals surface area (Å²) in [5.41, 5.74) is 0.782. The van der Waals surface area contributed by atoms with Crippen molar-refractivity contribution in [2.75, 3.05) is 48.0 Å². The van der Waals surface area contributed by atoms with Gasteiger partial charge in [-0.25, -0.2) is 10.7 Å². The lowest BCUT2D eigenvalue weighted by Gasteiger charge is -2.41. The lowest BCUT2D eigenvalue weighted by atomic mass is 9.89. The van der Waals surface area contributed by atoms with E-state index >= 15 is 0 Å². The van der Waals surface area contributed by atoms with Crippen molar-refractivity contribution in [2.24, 2.45) is 29.6 Å². The minimum absolute atomic E-state index is 0.00353.